The number of ether oxygens (including phenoxy) is 3. The molecular weight excluding hydrogens is 394 g/mol. The van der Waals surface area contributed by atoms with E-state index in [-0.39, 0.29) is 12.1 Å². The lowest BCUT2D eigenvalue weighted by atomic mass is 9.84. The first kappa shape index (κ1) is 22.1. The van der Waals surface area contributed by atoms with Gasteiger partial charge in [-0.2, -0.15) is 0 Å². The predicted molar refractivity (Wildman–Crippen MR) is 121 cm³/mol. The van der Waals surface area contributed by atoms with Crippen LogP contribution in [0.15, 0.2) is 18.2 Å². The van der Waals surface area contributed by atoms with E-state index in [1.54, 1.807) is 0 Å². The van der Waals surface area contributed by atoms with Crippen molar-refractivity contribution in [2.75, 3.05) is 44.4 Å². The molecule has 1 aromatic carbocycles. The molecule has 3 aliphatic rings. The molecule has 4 rings (SSSR count). The minimum atomic E-state index is -0.438. The molecule has 1 saturated carbocycles. The standard InChI is InChI=1S/C24H37N3O4/c1-24(2,3)31-23(28)25-19-9-7-18(8-10-19)11-12-26-13-15-27(16-14-26)20-5-4-6-21-22(20)30-17-29-21/h4-6,18-19H,7-17H2,1-3H3,(H,25,28). The number of alkyl carbamates (subject to hydrolysis) is 1. The molecule has 1 amide bonds. The summed E-state index contributed by atoms with van der Waals surface area (Å²) in [5.41, 5.74) is 0.720. The van der Waals surface area contributed by atoms with Gasteiger partial charge in [-0.3, -0.25) is 4.90 Å². The van der Waals surface area contributed by atoms with E-state index in [4.69, 9.17) is 14.2 Å². The number of carbonyl (C=O) groups excluding carboxylic acids is 1. The molecule has 0 spiro atoms. The highest BCUT2D eigenvalue weighted by molar-refractivity contribution is 5.68. The number of amides is 1. The van der Waals surface area contributed by atoms with Crippen molar-refractivity contribution < 1.29 is 19.0 Å². The molecule has 1 aliphatic carbocycles. The van der Waals surface area contributed by atoms with Crippen LogP contribution in [-0.4, -0.2) is 62.2 Å². The zero-order chi connectivity index (χ0) is 21.8. The summed E-state index contributed by atoms with van der Waals surface area (Å²) in [7, 11) is 0. The van der Waals surface area contributed by atoms with Gasteiger partial charge in [0.1, 0.15) is 5.60 Å². The average molecular weight is 432 g/mol. The van der Waals surface area contributed by atoms with Crippen LogP contribution in [0.25, 0.3) is 0 Å². The number of para-hydroxylation sites is 1. The SMILES string of the molecule is CC(C)(C)OC(=O)NC1CCC(CCN2CCN(c3cccc4c3OCO4)CC2)CC1. The van der Waals surface area contributed by atoms with Gasteiger partial charge >= 0.3 is 6.09 Å². The Morgan fingerprint density at radius 2 is 1.84 bits per heavy atom. The molecule has 2 aliphatic heterocycles. The number of nitrogens with one attached hydrogen (secondary N) is 1. The number of carbonyl (C=O) groups is 1. The molecule has 1 N–H and O–H groups in total. The molecule has 2 fully saturated rings. The Morgan fingerprint density at radius 1 is 1.10 bits per heavy atom. The first-order valence-corrected chi connectivity index (χ1v) is 11.7. The van der Waals surface area contributed by atoms with Gasteiger partial charge in [-0.15, -0.1) is 0 Å². The van der Waals surface area contributed by atoms with Crippen LogP contribution < -0.4 is 19.7 Å². The first-order valence-electron chi connectivity index (χ1n) is 11.7. The fourth-order valence-corrected chi connectivity index (χ4v) is 4.81. The third-order valence-electron chi connectivity index (χ3n) is 6.51. The Kier molecular flexibility index (Phi) is 6.80. The van der Waals surface area contributed by atoms with Gasteiger partial charge in [0.05, 0.1) is 5.69 Å². The molecule has 0 aromatic heterocycles. The molecule has 7 nitrogen and oxygen atoms in total. The number of piperazine rings is 1. The lowest BCUT2D eigenvalue weighted by Crippen LogP contribution is -2.47. The third-order valence-corrected chi connectivity index (χ3v) is 6.51. The smallest absolute Gasteiger partial charge is 0.407 e. The molecule has 0 radical (unpaired) electrons. The number of fused-ring (bicyclic) bond motifs is 1. The van der Waals surface area contributed by atoms with Crippen LogP contribution in [0, 0.1) is 5.92 Å². The Labute approximate surface area is 186 Å². The maximum atomic E-state index is 12.0. The van der Waals surface area contributed by atoms with Crippen molar-refractivity contribution >= 4 is 11.8 Å². The summed E-state index contributed by atoms with van der Waals surface area (Å²) in [6.45, 7) is 11.4. The van der Waals surface area contributed by atoms with Crippen LogP contribution in [0.4, 0.5) is 10.5 Å². The van der Waals surface area contributed by atoms with Gasteiger partial charge in [-0.1, -0.05) is 6.07 Å². The van der Waals surface area contributed by atoms with Gasteiger partial charge in [-0.25, -0.2) is 4.79 Å². The lowest BCUT2D eigenvalue weighted by molar-refractivity contribution is 0.0486. The molecule has 1 aromatic rings. The molecule has 0 bridgehead atoms. The van der Waals surface area contributed by atoms with Crippen molar-refractivity contribution in [3.05, 3.63) is 18.2 Å². The van der Waals surface area contributed by atoms with E-state index >= 15 is 0 Å². The number of nitrogens with zero attached hydrogens (tertiary/aromatic N) is 2. The Hall–Kier alpha value is -2.15. The van der Waals surface area contributed by atoms with E-state index < -0.39 is 5.60 Å². The minimum absolute atomic E-state index is 0.258. The van der Waals surface area contributed by atoms with Crippen LogP contribution in [0.1, 0.15) is 52.9 Å². The number of hydrogen-bond acceptors (Lipinski definition) is 6. The maximum absolute atomic E-state index is 12.0. The highest BCUT2D eigenvalue weighted by Gasteiger charge is 2.27. The third kappa shape index (κ3) is 5.97. The van der Waals surface area contributed by atoms with Crippen molar-refractivity contribution in [1.82, 2.24) is 10.2 Å². The average Bonchev–Trinajstić information content (AvgIpc) is 3.21. The van der Waals surface area contributed by atoms with E-state index in [9.17, 15) is 4.79 Å². The van der Waals surface area contributed by atoms with Gasteiger partial charge in [0.25, 0.3) is 0 Å². The van der Waals surface area contributed by atoms with Crippen molar-refractivity contribution in [2.45, 2.75) is 64.5 Å². The van der Waals surface area contributed by atoms with Crippen molar-refractivity contribution in [3.63, 3.8) is 0 Å². The minimum Gasteiger partial charge on any atom is -0.454 e. The molecule has 172 valence electrons. The summed E-state index contributed by atoms with van der Waals surface area (Å²) in [6, 6.07) is 6.41. The number of rotatable bonds is 5. The second-order valence-electron chi connectivity index (χ2n) is 9.99. The molecule has 31 heavy (non-hydrogen) atoms. The van der Waals surface area contributed by atoms with Gasteiger partial charge in [0.2, 0.25) is 6.79 Å². The molecule has 2 heterocycles. The van der Waals surface area contributed by atoms with Gasteiger partial charge < -0.3 is 24.4 Å². The predicted octanol–water partition coefficient (Wildman–Crippen LogP) is 4.01. The molecule has 0 atom stereocenters. The van der Waals surface area contributed by atoms with Gasteiger partial charge in [0.15, 0.2) is 11.5 Å². The summed E-state index contributed by atoms with van der Waals surface area (Å²) >= 11 is 0. The number of benzene rings is 1. The number of anilines is 1. The van der Waals surface area contributed by atoms with Crippen LogP contribution in [-0.2, 0) is 4.74 Å². The van der Waals surface area contributed by atoms with Crippen molar-refractivity contribution in [3.8, 4) is 11.5 Å². The van der Waals surface area contributed by atoms with Gasteiger partial charge in [-0.05, 0) is 77.5 Å². The zero-order valence-corrected chi connectivity index (χ0v) is 19.2. The summed E-state index contributed by atoms with van der Waals surface area (Å²) in [5, 5.41) is 3.04. The maximum Gasteiger partial charge on any atom is 0.407 e. The van der Waals surface area contributed by atoms with Crippen LogP contribution in [0.5, 0.6) is 11.5 Å². The largest absolute Gasteiger partial charge is 0.454 e. The fraction of sp³-hybridized carbons (Fsp3) is 0.708. The number of hydrogen-bond donors (Lipinski definition) is 1. The molecular formula is C24H37N3O4. The van der Waals surface area contributed by atoms with Crippen LogP contribution in [0.3, 0.4) is 0 Å². The Balaban J connectivity index is 1.15. The fourth-order valence-electron chi connectivity index (χ4n) is 4.81. The zero-order valence-electron chi connectivity index (χ0n) is 19.2. The quantitative estimate of drug-likeness (QED) is 0.760. The molecule has 7 heteroatoms. The van der Waals surface area contributed by atoms with E-state index in [1.165, 1.54) is 19.3 Å². The van der Waals surface area contributed by atoms with Gasteiger partial charge in [0, 0.05) is 32.2 Å². The Morgan fingerprint density at radius 3 is 2.55 bits per heavy atom. The highest BCUT2D eigenvalue weighted by atomic mass is 16.7. The highest BCUT2D eigenvalue weighted by Crippen LogP contribution is 2.41. The monoisotopic (exact) mass is 431 g/mol. The molecule has 0 unspecified atom stereocenters. The van der Waals surface area contributed by atoms with E-state index in [2.05, 4.69) is 21.2 Å². The second-order valence-corrected chi connectivity index (χ2v) is 9.99. The van der Waals surface area contributed by atoms with E-state index in [0.29, 0.717) is 6.79 Å². The lowest BCUT2D eigenvalue weighted by Gasteiger charge is -2.37. The van der Waals surface area contributed by atoms with E-state index in [0.717, 1.165) is 68.7 Å². The Bertz CT molecular complexity index is 748. The van der Waals surface area contributed by atoms with Crippen LogP contribution >= 0.6 is 0 Å². The van der Waals surface area contributed by atoms with Crippen LogP contribution in [0.2, 0.25) is 0 Å². The van der Waals surface area contributed by atoms with E-state index in [1.807, 2.05) is 32.9 Å². The molecule has 1 saturated heterocycles. The summed E-state index contributed by atoms with van der Waals surface area (Å²) in [6.07, 6.45) is 5.45. The van der Waals surface area contributed by atoms with Crippen molar-refractivity contribution in [1.29, 1.82) is 0 Å². The topological polar surface area (TPSA) is 63.3 Å². The summed E-state index contributed by atoms with van der Waals surface area (Å²) in [4.78, 5) is 17.0. The summed E-state index contributed by atoms with van der Waals surface area (Å²) in [5.74, 6) is 2.52. The summed E-state index contributed by atoms with van der Waals surface area (Å²) < 4.78 is 16.6. The second kappa shape index (κ2) is 9.55. The van der Waals surface area contributed by atoms with Crippen molar-refractivity contribution in [2.24, 2.45) is 5.92 Å². The first-order chi connectivity index (χ1) is 14.9. The normalized spacial score (nSPS) is 24.2.